The molecule has 0 rings (SSSR count). The van der Waals surface area contributed by atoms with E-state index in [9.17, 15) is 0 Å². The fourth-order valence-corrected chi connectivity index (χ4v) is 1.74. The maximum atomic E-state index is 2.28. The van der Waals surface area contributed by atoms with Crippen LogP contribution in [0.5, 0.6) is 0 Å². The van der Waals surface area contributed by atoms with Gasteiger partial charge in [-0.05, 0) is 0 Å². The zero-order chi connectivity index (χ0) is 9.78. The summed E-state index contributed by atoms with van der Waals surface area (Å²) in [4.78, 5) is 0. The Morgan fingerprint density at radius 1 is 0.240 bits per heavy atom. The van der Waals surface area contributed by atoms with Gasteiger partial charge in [-0.15, -0.1) is 0 Å². The highest BCUT2D eigenvalue weighted by Crippen LogP contribution is 2.10. The summed E-state index contributed by atoms with van der Waals surface area (Å²) < 4.78 is 0. The second kappa shape index (κ2) is 105. The van der Waals surface area contributed by atoms with Crippen LogP contribution in [0.4, 0.5) is 0 Å². The van der Waals surface area contributed by atoms with E-state index in [1.54, 1.807) is 0 Å². The largest absolute Gasteiger partial charge is 0.0776 e. The molecule has 0 saturated carbocycles. The van der Waals surface area contributed by atoms with Gasteiger partial charge in [-0.25, -0.2) is 0 Å². The van der Waals surface area contributed by atoms with Crippen molar-refractivity contribution < 1.29 is 0 Å². The van der Waals surface area contributed by atoms with Crippen LogP contribution in [-0.4, -0.2) is 0 Å². The molecule has 0 amide bonds. The van der Waals surface area contributed by atoms with Crippen molar-refractivity contribution in [2.45, 2.75) is 174 Å². The van der Waals surface area contributed by atoms with Crippen LogP contribution in [0.3, 0.4) is 0 Å². The van der Waals surface area contributed by atoms with Gasteiger partial charge in [0.1, 0.15) is 0 Å². The van der Waals surface area contributed by atoms with Crippen LogP contribution in [0, 0.1) is 0 Å². The molecule has 0 aliphatic carbocycles. The standard InChI is InChI=1S/C13H28.12CH4/c1-3-5-7-9-11-13-12-10-8-6-4-2;;;;;;;;;;;;/h3-13H2,1-2H3;12*1H4. The fourth-order valence-electron chi connectivity index (χ4n) is 1.74. The Hall–Kier alpha value is 0. The van der Waals surface area contributed by atoms with Crippen molar-refractivity contribution in [3.63, 3.8) is 0 Å². The summed E-state index contributed by atoms with van der Waals surface area (Å²) >= 11 is 0. The second-order valence-corrected chi connectivity index (χ2v) is 4.18. The monoisotopic (exact) mass is 377 g/mol. The average molecular weight is 377 g/mol. The summed E-state index contributed by atoms with van der Waals surface area (Å²) in [5.74, 6) is 0. The second-order valence-electron chi connectivity index (χ2n) is 4.18. The molecule has 0 aromatic rings. The molecule has 0 unspecified atom stereocenters. The first-order valence-corrected chi connectivity index (χ1v) is 6.41. The molecule has 0 fully saturated rings. The van der Waals surface area contributed by atoms with E-state index in [4.69, 9.17) is 0 Å². The highest BCUT2D eigenvalue weighted by Gasteiger charge is 1.90. The minimum atomic E-state index is 0. The first-order valence-electron chi connectivity index (χ1n) is 6.41. The SMILES string of the molecule is C.C.C.C.C.C.C.C.C.C.C.C.CCCCCCCCCCCCC. The van der Waals surface area contributed by atoms with Gasteiger partial charge in [-0.3, -0.25) is 0 Å². The van der Waals surface area contributed by atoms with Gasteiger partial charge in [-0.1, -0.05) is 174 Å². The predicted octanol–water partition coefficient (Wildman–Crippen LogP) is 13.0. The minimum Gasteiger partial charge on any atom is -0.0776 e. The van der Waals surface area contributed by atoms with Gasteiger partial charge < -0.3 is 0 Å². The molecule has 0 N–H and O–H groups in total. The van der Waals surface area contributed by atoms with E-state index >= 15 is 0 Å². The summed E-state index contributed by atoms with van der Waals surface area (Å²) in [6.07, 6.45) is 15.9. The summed E-state index contributed by atoms with van der Waals surface area (Å²) in [6.45, 7) is 4.56. The lowest BCUT2D eigenvalue weighted by atomic mass is 10.1. The average Bonchev–Trinajstić information content (AvgIpc) is 2.16. The summed E-state index contributed by atoms with van der Waals surface area (Å²) in [6, 6.07) is 0. The first kappa shape index (κ1) is 100. The molecule has 0 aromatic heterocycles. The Kier molecular flexibility index (Phi) is 420. The molecule has 0 aliphatic heterocycles. The van der Waals surface area contributed by atoms with Gasteiger partial charge in [0.25, 0.3) is 0 Å². The molecule has 0 saturated heterocycles. The van der Waals surface area contributed by atoms with Gasteiger partial charge >= 0.3 is 0 Å². The van der Waals surface area contributed by atoms with E-state index in [0.29, 0.717) is 0 Å². The molecule has 0 heteroatoms. The zero-order valence-electron chi connectivity index (χ0n) is 9.78. The van der Waals surface area contributed by atoms with Gasteiger partial charge in [0.2, 0.25) is 0 Å². The number of hydrogen-bond donors (Lipinski definition) is 0. The van der Waals surface area contributed by atoms with E-state index in [-0.39, 0.29) is 89.1 Å². The molecule has 25 heavy (non-hydrogen) atoms. The molecule has 0 radical (unpaired) electrons. The Balaban J connectivity index is -0.0000000109. The molecule has 0 bridgehead atoms. The molecule has 0 atom stereocenters. The molecule has 0 heterocycles. The maximum absolute atomic E-state index is 2.28. The number of hydrogen-bond acceptors (Lipinski definition) is 0. The minimum absolute atomic E-state index is 0. The molecule has 0 aromatic carbocycles. The van der Waals surface area contributed by atoms with Crippen molar-refractivity contribution in [1.82, 2.24) is 0 Å². The predicted molar refractivity (Wildman–Crippen MR) is 143 cm³/mol. The van der Waals surface area contributed by atoms with Crippen LogP contribution in [0.15, 0.2) is 0 Å². The molecule has 0 aliphatic rings. The van der Waals surface area contributed by atoms with Crippen LogP contribution in [0.1, 0.15) is 174 Å². The maximum Gasteiger partial charge on any atom is -0.0533 e. The Labute approximate surface area is 174 Å². The molecule has 0 spiro atoms. The van der Waals surface area contributed by atoms with E-state index in [0.717, 1.165) is 0 Å². The highest BCUT2D eigenvalue weighted by atomic mass is 14.0. The fraction of sp³-hybridized carbons (Fsp3) is 1.00. The lowest BCUT2D eigenvalue weighted by Gasteiger charge is -2.00. The molecular formula is C25H76. The van der Waals surface area contributed by atoms with Crippen LogP contribution >= 0.6 is 0 Å². The van der Waals surface area contributed by atoms with Crippen LogP contribution in [-0.2, 0) is 0 Å². The lowest BCUT2D eigenvalue weighted by Crippen LogP contribution is -1.80. The van der Waals surface area contributed by atoms with Crippen molar-refractivity contribution in [2.75, 3.05) is 0 Å². The van der Waals surface area contributed by atoms with E-state index < -0.39 is 0 Å². The third kappa shape index (κ3) is 116. The Morgan fingerprint density at radius 3 is 0.480 bits per heavy atom. The van der Waals surface area contributed by atoms with Gasteiger partial charge in [0.05, 0.1) is 0 Å². The van der Waals surface area contributed by atoms with Crippen molar-refractivity contribution in [3.05, 3.63) is 0 Å². The van der Waals surface area contributed by atoms with Crippen molar-refractivity contribution in [3.8, 4) is 0 Å². The van der Waals surface area contributed by atoms with Gasteiger partial charge in [0.15, 0.2) is 0 Å². The van der Waals surface area contributed by atoms with Gasteiger partial charge in [0, 0.05) is 0 Å². The van der Waals surface area contributed by atoms with Crippen molar-refractivity contribution in [1.29, 1.82) is 0 Å². The smallest absolute Gasteiger partial charge is 0.0533 e. The third-order valence-electron chi connectivity index (χ3n) is 2.71. The van der Waals surface area contributed by atoms with Gasteiger partial charge in [-0.2, -0.15) is 0 Å². The van der Waals surface area contributed by atoms with Crippen molar-refractivity contribution in [2.24, 2.45) is 0 Å². The van der Waals surface area contributed by atoms with Crippen molar-refractivity contribution >= 4 is 0 Å². The van der Waals surface area contributed by atoms with E-state index in [1.165, 1.54) is 70.6 Å². The number of unbranched alkanes of at least 4 members (excludes halogenated alkanes) is 10. The first-order chi connectivity index (χ1) is 6.41. The molecule has 176 valence electrons. The summed E-state index contributed by atoms with van der Waals surface area (Å²) in [5.41, 5.74) is 0. The summed E-state index contributed by atoms with van der Waals surface area (Å²) in [7, 11) is 0. The number of rotatable bonds is 10. The topological polar surface area (TPSA) is 0 Å². The van der Waals surface area contributed by atoms with Crippen LogP contribution < -0.4 is 0 Å². The van der Waals surface area contributed by atoms with Crippen LogP contribution in [0.2, 0.25) is 0 Å². The lowest BCUT2D eigenvalue weighted by molar-refractivity contribution is 0.554. The molecular weight excluding hydrogens is 300 g/mol. The molecule has 0 nitrogen and oxygen atoms in total. The normalized spacial score (nSPS) is 5.52. The zero-order valence-corrected chi connectivity index (χ0v) is 9.78. The Morgan fingerprint density at radius 2 is 0.360 bits per heavy atom. The van der Waals surface area contributed by atoms with E-state index in [2.05, 4.69) is 13.8 Å². The third-order valence-corrected chi connectivity index (χ3v) is 2.71. The highest BCUT2D eigenvalue weighted by molar-refractivity contribution is 4.46. The quantitative estimate of drug-likeness (QED) is 0.332. The van der Waals surface area contributed by atoms with E-state index in [1.807, 2.05) is 0 Å². The van der Waals surface area contributed by atoms with Crippen LogP contribution in [0.25, 0.3) is 0 Å². The Bertz CT molecular complexity index is 66.1. The summed E-state index contributed by atoms with van der Waals surface area (Å²) in [5, 5.41) is 0.